The summed E-state index contributed by atoms with van der Waals surface area (Å²) in [5.74, 6) is -0.760. The number of nitrogens with one attached hydrogen (secondary N) is 1. The Balaban J connectivity index is 1.09. The molecule has 2 bridgehead atoms. The molecule has 1 saturated heterocycles. The van der Waals surface area contributed by atoms with Crippen LogP contribution in [0.25, 0.3) is 0 Å². The normalized spacial score (nSPS) is 24.9. The van der Waals surface area contributed by atoms with E-state index in [1.54, 1.807) is 36.4 Å². The van der Waals surface area contributed by atoms with Crippen LogP contribution in [-0.4, -0.2) is 37.4 Å². The summed E-state index contributed by atoms with van der Waals surface area (Å²) in [6.45, 7) is -0.463. The van der Waals surface area contributed by atoms with Gasteiger partial charge in [0.1, 0.15) is 5.75 Å². The van der Waals surface area contributed by atoms with Crippen molar-refractivity contribution in [1.82, 2.24) is 0 Å². The molecular weight excluding hydrogens is 496 g/mol. The first-order valence-corrected chi connectivity index (χ1v) is 13.1. The standard InChI is InChI=1S/C31H28N2O6/c1-38-23-9-5-8-21(16-23)32-26(34)17-39-31(37)19-10-12-22(13-11-19)33-29(35)27-20-14-24(18-6-3-2-4-7-18)25(15-20)28(27)30(33)36/h2-13,16,20,24-25,27-28H,14-15,17H2,1H3,(H,32,34)/t20-,24-,25+,27+,28-/m0/s1. The Bertz CT molecular complexity index is 1440. The molecule has 8 heteroatoms. The van der Waals surface area contributed by atoms with Crippen molar-refractivity contribution in [2.75, 3.05) is 23.9 Å². The van der Waals surface area contributed by atoms with Gasteiger partial charge >= 0.3 is 5.97 Å². The third-order valence-electron chi connectivity index (χ3n) is 8.29. The molecule has 1 aliphatic heterocycles. The SMILES string of the molecule is COc1cccc(NC(=O)COC(=O)c2ccc(N3C(=O)[C@@H]4[C@@H]5C[C@@H]([C@@H]4C3=O)[C@H](c3ccccc3)C5)cc2)c1. The van der Waals surface area contributed by atoms with Crippen LogP contribution in [0.15, 0.2) is 78.9 Å². The molecule has 3 aromatic carbocycles. The molecule has 198 valence electrons. The fraction of sp³-hybridized carbons (Fsp3) is 0.290. The second-order valence-corrected chi connectivity index (χ2v) is 10.4. The summed E-state index contributed by atoms with van der Waals surface area (Å²) in [5, 5.41) is 2.65. The number of nitrogens with zero attached hydrogens (tertiary/aromatic N) is 1. The largest absolute Gasteiger partial charge is 0.497 e. The number of fused-ring (bicyclic) bond motifs is 5. The molecule has 3 amide bonds. The van der Waals surface area contributed by atoms with Crippen LogP contribution in [0.5, 0.6) is 5.75 Å². The van der Waals surface area contributed by atoms with Crippen molar-refractivity contribution in [3.8, 4) is 5.75 Å². The lowest BCUT2D eigenvalue weighted by Gasteiger charge is -2.28. The number of amides is 3. The molecule has 0 unspecified atom stereocenters. The molecule has 0 spiro atoms. The van der Waals surface area contributed by atoms with Crippen LogP contribution in [-0.2, 0) is 19.1 Å². The number of anilines is 2. The van der Waals surface area contributed by atoms with Crippen LogP contribution in [0.2, 0.25) is 0 Å². The Kier molecular flexibility index (Phi) is 6.38. The summed E-state index contributed by atoms with van der Waals surface area (Å²) in [6.07, 6.45) is 1.84. The zero-order valence-corrected chi connectivity index (χ0v) is 21.4. The highest BCUT2D eigenvalue weighted by molar-refractivity contribution is 6.22. The number of benzene rings is 3. The van der Waals surface area contributed by atoms with Gasteiger partial charge in [-0.15, -0.1) is 0 Å². The number of methoxy groups -OCH3 is 1. The number of rotatable bonds is 7. The van der Waals surface area contributed by atoms with Gasteiger partial charge in [-0.05, 0) is 72.6 Å². The molecule has 39 heavy (non-hydrogen) atoms. The molecule has 0 radical (unpaired) electrons. The average Bonchev–Trinajstić information content (AvgIpc) is 3.63. The van der Waals surface area contributed by atoms with Gasteiger partial charge in [0.15, 0.2) is 6.61 Å². The van der Waals surface area contributed by atoms with E-state index in [4.69, 9.17) is 9.47 Å². The van der Waals surface area contributed by atoms with Crippen LogP contribution in [0.1, 0.15) is 34.7 Å². The smallest absolute Gasteiger partial charge is 0.338 e. The van der Waals surface area contributed by atoms with E-state index < -0.39 is 18.5 Å². The quantitative estimate of drug-likeness (QED) is 0.363. The lowest BCUT2D eigenvalue weighted by molar-refractivity contribution is -0.123. The number of carbonyl (C=O) groups is 4. The maximum atomic E-state index is 13.5. The molecule has 3 aliphatic rings. The molecule has 2 saturated carbocycles. The number of hydrogen-bond acceptors (Lipinski definition) is 6. The van der Waals surface area contributed by atoms with Gasteiger partial charge < -0.3 is 14.8 Å². The van der Waals surface area contributed by atoms with Crippen molar-refractivity contribution in [3.05, 3.63) is 90.0 Å². The molecule has 1 heterocycles. The number of carbonyl (C=O) groups excluding carboxylic acids is 4. The predicted octanol–water partition coefficient (Wildman–Crippen LogP) is 4.42. The minimum atomic E-state index is -0.679. The molecular formula is C31H28N2O6. The van der Waals surface area contributed by atoms with E-state index in [-0.39, 0.29) is 41.0 Å². The van der Waals surface area contributed by atoms with Crippen LogP contribution < -0.4 is 15.0 Å². The topological polar surface area (TPSA) is 102 Å². The van der Waals surface area contributed by atoms with Crippen molar-refractivity contribution in [2.45, 2.75) is 18.8 Å². The van der Waals surface area contributed by atoms with E-state index in [2.05, 4.69) is 17.4 Å². The molecule has 5 atom stereocenters. The van der Waals surface area contributed by atoms with E-state index in [1.807, 2.05) is 18.2 Å². The van der Waals surface area contributed by atoms with Crippen molar-refractivity contribution in [1.29, 1.82) is 0 Å². The Morgan fingerprint density at radius 1 is 0.897 bits per heavy atom. The number of imide groups is 1. The van der Waals surface area contributed by atoms with Gasteiger partial charge in [-0.2, -0.15) is 0 Å². The van der Waals surface area contributed by atoms with Gasteiger partial charge in [0.05, 0.1) is 30.2 Å². The Morgan fingerprint density at radius 3 is 2.38 bits per heavy atom. The van der Waals surface area contributed by atoms with Crippen LogP contribution in [0, 0.1) is 23.7 Å². The third kappa shape index (κ3) is 4.46. The second-order valence-electron chi connectivity index (χ2n) is 10.4. The number of hydrogen-bond donors (Lipinski definition) is 1. The monoisotopic (exact) mass is 524 g/mol. The fourth-order valence-electron chi connectivity index (χ4n) is 6.66. The van der Waals surface area contributed by atoms with Gasteiger partial charge in [-0.1, -0.05) is 36.4 Å². The predicted molar refractivity (Wildman–Crippen MR) is 143 cm³/mol. The summed E-state index contributed by atoms with van der Waals surface area (Å²) in [5.41, 5.74) is 2.42. The summed E-state index contributed by atoms with van der Waals surface area (Å²) in [4.78, 5) is 52.9. The number of ether oxygens (including phenoxy) is 2. The molecule has 6 rings (SSSR count). The van der Waals surface area contributed by atoms with Crippen LogP contribution in [0.3, 0.4) is 0 Å². The third-order valence-corrected chi connectivity index (χ3v) is 8.29. The second kappa shape index (κ2) is 10.0. The Morgan fingerprint density at radius 2 is 1.64 bits per heavy atom. The first-order valence-electron chi connectivity index (χ1n) is 13.1. The summed E-state index contributed by atoms with van der Waals surface area (Å²) in [6, 6.07) is 23.3. The average molecular weight is 525 g/mol. The highest BCUT2D eigenvalue weighted by atomic mass is 16.5. The lowest BCUT2D eigenvalue weighted by Crippen LogP contribution is -2.33. The van der Waals surface area contributed by atoms with Gasteiger partial charge in [0, 0.05) is 11.8 Å². The lowest BCUT2D eigenvalue weighted by atomic mass is 9.73. The van der Waals surface area contributed by atoms with Crippen LogP contribution >= 0.6 is 0 Å². The van der Waals surface area contributed by atoms with Crippen LogP contribution in [0.4, 0.5) is 11.4 Å². The maximum Gasteiger partial charge on any atom is 0.338 e. The fourth-order valence-corrected chi connectivity index (χ4v) is 6.66. The molecule has 0 aromatic heterocycles. The van der Waals surface area contributed by atoms with Crippen molar-refractivity contribution < 1.29 is 28.7 Å². The minimum Gasteiger partial charge on any atom is -0.497 e. The zero-order chi connectivity index (χ0) is 27.1. The van der Waals surface area contributed by atoms with Gasteiger partial charge in [0.25, 0.3) is 5.91 Å². The van der Waals surface area contributed by atoms with E-state index in [0.717, 1.165) is 12.8 Å². The molecule has 3 fully saturated rings. The highest BCUT2D eigenvalue weighted by Crippen LogP contribution is 2.61. The van der Waals surface area contributed by atoms with E-state index in [0.29, 0.717) is 23.0 Å². The summed E-state index contributed by atoms with van der Waals surface area (Å²) >= 11 is 0. The van der Waals surface area contributed by atoms with Crippen molar-refractivity contribution >= 4 is 35.1 Å². The Labute approximate surface area is 225 Å². The minimum absolute atomic E-state index is 0.145. The summed E-state index contributed by atoms with van der Waals surface area (Å²) < 4.78 is 10.3. The first kappa shape index (κ1) is 24.9. The zero-order valence-electron chi connectivity index (χ0n) is 21.4. The molecule has 1 N–H and O–H groups in total. The van der Waals surface area contributed by atoms with Crippen molar-refractivity contribution in [2.24, 2.45) is 23.7 Å². The van der Waals surface area contributed by atoms with Crippen molar-refractivity contribution in [3.63, 3.8) is 0 Å². The Hall–Kier alpha value is -4.46. The van der Waals surface area contributed by atoms with Gasteiger partial charge in [0.2, 0.25) is 11.8 Å². The summed E-state index contributed by atoms with van der Waals surface area (Å²) in [7, 11) is 1.53. The van der Waals surface area contributed by atoms with E-state index in [1.165, 1.54) is 29.7 Å². The maximum absolute atomic E-state index is 13.5. The highest BCUT2D eigenvalue weighted by Gasteiger charge is 2.64. The molecule has 3 aromatic rings. The first-order chi connectivity index (χ1) is 18.9. The van der Waals surface area contributed by atoms with E-state index in [9.17, 15) is 19.2 Å². The van der Waals surface area contributed by atoms with E-state index >= 15 is 0 Å². The molecule has 2 aliphatic carbocycles. The molecule has 8 nitrogen and oxygen atoms in total. The number of esters is 1. The van der Waals surface area contributed by atoms with Gasteiger partial charge in [-0.25, -0.2) is 4.79 Å². The van der Waals surface area contributed by atoms with Gasteiger partial charge in [-0.3, -0.25) is 19.3 Å².